The van der Waals surface area contributed by atoms with Gasteiger partial charge >= 0.3 is 0 Å². The Bertz CT molecular complexity index is 868. The summed E-state index contributed by atoms with van der Waals surface area (Å²) in [6.45, 7) is 5.87. The summed E-state index contributed by atoms with van der Waals surface area (Å²) in [5.74, 6) is 0.500. The van der Waals surface area contributed by atoms with Crippen molar-refractivity contribution in [3.05, 3.63) is 64.3 Å². The number of hydrogen-bond donors (Lipinski definition) is 2. The van der Waals surface area contributed by atoms with Crippen LogP contribution in [0.4, 0.5) is 16.6 Å². The Balaban J connectivity index is 1.74. The Morgan fingerprint density at radius 3 is 2.42 bits per heavy atom. The van der Waals surface area contributed by atoms with Crippen molar-refractivity contribution >= 4 is 33.9 Å². The highest BCUT2D eigenvalue weighted by molar-refractivity contribution is 7.14. The third kappa shape index (κ3) is 3.60. The van der Waals surface area contributed by atoms with Crippen LogP contribution in [-0.2, 0) is 0 Å². The molecule has 3 aromatic rings. The standard InChI is InChI=1S/C18H18N4OS/c1-11-6-4-7-12(2)16(11)22-17(23)14-10-24-18(20-14)21-15-9-5-8-13(3)19-15/h4-10H,1-3H3,(H,22,23)(H,19,20,21). The molecule has 2 aromatic heterocycles. The summed E-state index contributed by atoms with van der Waals surface area (Å²) in [5, 5.41) is 8.44. The Kier molecular flexibility index (Phi) is 4.57. The van der Waals surface area contributed by atoms with Crippen LogP contribution in [0, 0.1) is 20.8 Å². The van der Waals surface area contributed by atoms with Gasteiger partial charge in [-0.15, -0.1) is 11.3 Å². The Labute approximate surface area is 144 Å². The minimum atomic E-state index is -0.214. The summed E-state index contributed by atoms with van der Waals surface area (Å²) in [7, 11) is 0. The SMILES string of the molecule is Cc1cccc(Nc2nc(C(=O)Nc3c(C)cccc3C)cs2)n1. The quantitative estimate of drug-likeness (QED) is 0.737. The van der Waals surface area contributed by atoms with E-state index in [2.05, 4.69) is 20.6 Å². The van der Waals surface area contributed by atoms with Gasteiger partial charge in [-0.3, -0.25) is 4.79 Å². The molecule has 122 valence electrons. The number of aromatic nitrogens is 2. The van der Waals surface area contributed by atoms with E-state index in [1.54, 1.807) is 5.38 Å². The number of aryl methyl sites for hydroxylation is 3. The molecule has 0 saturated heterocycles. The molecule has 0 fully saturated rings. The molecule has 24 heavy (non-hydrogen) atoms. The van der Waals surface area contributed by atoms with Crippen LogP contribution >= 0.6 is 11.3 Å². The van der Waals surface area contributed by atoms with E-state index in [9.17, 15) is 4.79 Å². The van der Waals surface area contributed by atoms with E-state index in [1.807, 2.05) is 57.2 Å². The van der Waals surface area contributed by atoms with Crippen LogP contribution in [0.1, 0.15) is 27.3 Å². The van der Waals surface area contributed by atoms with Crippen LogP contribution < -0.4 is 10.6 Å². The molecule has 0 unspecified atom stereocenters. The van der Waals surface area contributed by atoms with Gasteiger partial charge in [0, 0.05) is 16.8 Å². The number of pyridine rings is 1. The topological polar surface area (TPSA) is 66.9 Å². The highest BCUT2D eigenvalue weighted by Crippen LogP contribution is 2.23. The normalized spacial score (nSPS) is 10.5. The van der Waals surface area contributed by atoms with Gasteiger partial charge in [-0.05, 0) is 44.0 Å². The number of para-hydroxylation sites is 1. The minimum absolute atomic E-state index is 0.214. The molecule has 1 aromatic carbocycles. The van der Waals surface area contributed by atoms with Crippen molar-refractivity contribution in [3.8, 4) is 0 Å². The molecule has 0 aliphatic rings. The largest absolute Gasteiger partial charge is 0.320 e. The summed E-state index contributed by atoms with van der Waals surface area (Å²) < 4.78 is 0. The lowest BCUT2D eigenvalue weighted by molar-refractivity contribution is 0.102. The van der Waals surface area contributed by atoms with Crippen LogP contribution in [0.15, 0.2) is 41.8 Å². The zero-order valence-corrected chi connectivity index (χ0v) is 14.6. The molecule has 0 aliphatic heterocycles. The molecule has 0 aliphatic carbocycles. The van der Waals surface area contributed by atoms with Gasteiger partial charge in [0.05, 0.1) is 0 Å². The molecule has 6 heteroatoms. The number of anilines is 3. The Morgan fingerprint density at radius 1 is 1.00 bits per heavy atom. The number of rotatable bonds is 4. The fourth-order valence-corrected chi connectivity index (χ4v) is 3.04. The van der Waals surface area contributed by atoms with Crippen molar-refractivity contribution < 1.29 is 4.79 Å². The van der Waals surface area contributed by atoms with Gasteiger partial charge in [0.15, 0.2) is 5.13 Å². The maximum Gasteiger partial charge on any atom is 0.275 e. The second-order valence-electron chi connectivity index (χ2n) is 5.55. The van der Waals surface area contributed by atoms with E-state index in [1.165, 1.54) is 11.3 Å². The van der Waals surface area contributed by atoms with E-state index in [4.69, 9.17) is 0 Å². The molecule has 0 atom stereocenters. The van der Waals surface area contributed by atoms with Gasteiger partial charge in [-0.25, -0.2) is 9.97 Å². The maximum atomic E-state index is 12.4. The smallest absolute Gasteiger partial charge is 0.275 e. The van der Waals surface area contributed by atoms with Crippen LogP contribution in [-0.4, -0.2) is 15.9 Å². The number of thiazole rings is 1. The summed E-state index contributed by atoms with van der Waals surface area (Å²) in [6, 6.07) is 11.6. The average Bonchev–Trinajstić information content (AvgIpc) is 2.99. The van der Waals surface area contributed by atoms with Gasteiger partial charge in [0.2, 0.25) is 0 Å². The number of carbonyl (C=O) groups is 1. The number of amides is 1. The van der Waals surface area contributed by atoms with Crippen LogP contribution in [0.3, 0.4) is 0 Å². The number of benzene rings is 1. The predicted octanol–water partition coefficient (Wildman–Crippen LogP) is 4.46. The van der Waals surface area contributed by atoms with Gasteiger partial charge in [0.25, 0.3) is 5.91 Å². The fourth-order valence-electron chi connectivity index (χ4n) is 2.35. The van der Waals surface area contributed by atoms with Gasteiger partial charge < -0.3 is 10.6 Å². The monoisotopic (exact) mass is 338 g/mol. The molecular weight excluding hydrogens is 320 g/mol. The summed E-state index contributed by atoms with van der Waals surface area (Å²) in [5.41, 5.74) is 4.20. The molecule has 0 radical (unpaired) electrons. The summed E-state index contributed by atoms with van der Waals surface area (Å²) in [4.78, 5) is 21.1. The van der Waals surface area contributed by atoms with Crippen molar-refractivity contribution in [2.75, 3.05) is 10.6 Å². The summed E-state index contributed by atoms with van der Waals surface area (Å²) >= 11 is 1.37. The zero-order valence-electron chi connectivity index (χ0n) is 13.8. The molecule has 5 nitrogen and oxygen atoms in total. The highest BCUT2D eigenvalue weighted by Gasteiger charge is 2.13. The van der Waals surface area contributed by atoms with Gasteiger partial charge in [-0.1, -0.05) is 24.3 Å². The van der Waals surface area contributed by atoms with Crippen LogP contribution in [0.5, 0.6) is 0 Å². The van der Waals surface area contributed by atoms with Gasteiger partial charge in [0.1, 0.15) is 11.5 Å². The Morgan fingerprint density at radius 2 is 1.71 bits per heavy atom. The van der Waals surface area contributed by atoms with Crippen molar-refractivity contribution in [1.29, 1.82) is 0 Å². The zero-order chi connectivity index (χ0) is 17.1. The first-order valence-electron chi connectivity index (χ1n) is 7.57. The first kappa shape index (κ1) is 16.1. The third-order valence-corrected chi connectivity index (χ3v) is 4.34. The maximum absolute atomic E-state index is 12.4. The highest BCUT2D eigenvalue weighted by atomic mass is 32.1. The fraction of sp³-hybridized carbons (Fsp3) is 0.167. The first-order chi connectivity index (χ1) is 11.5. The van der Waals surface area contributed by atoms with E-state index < -0.39 is 0 Å². The number of nitrogens with zero attached hydrogens (tertiary/aromatic N) is 2. The van der Waals surface area contributed by atoms with Crippen LogP contribution in [0.25, 0.3) is 0 Å². The molecule has 0 spiro atoms. The second kappa shape index (κ2) is 6.80. The molecule has 0 bridgehead atoms. The lowest BCUT2D eigenvalue weighted by atomic mass is 10.1. The Hall–Kier alpha value is -2.73. The predicted molar refractivity (Wildman–Crippen MR) is 98.2 cm³/mol. The molecule has 3 rings (SSSR count). The molecule has 2 heterocycles. The van der Waals surface area contributed by atoms with Crippen molar-refractivity contribution in [2.45, 2.75) is 20.8 Å². The van der Waals surface area contributed by atoms with E-state index >= 15 is 0 Å². The summed E-state index contributed by atoms with van der Waals surface area (Å²) in [6.07, 6.45) is 0. The second-order valence-corrected chi connectivity index (χ2v) is 6.41. The third-order valence-electron chi connectivity index (χ3n) is 3.58. The number of nitrogens with one attached hydrogen (secondary N) is 2. The molecular formula is C18H18N4OS. The van der Waals surface area contributed by atoms with Crippen molar-refractivity contribution in [3.63, 3.8) is 0 Å². The molecule has 2 N–H and O–H groups in total. The molecule has 0 saturated carbocycles. The number of hydrogen-bond acceptors (Lipinski definition) is 5. The minimum Gasteiger partial charge on any atom is -0.320 e. The average molecular weight is 338 g/mol. The van der Waals surface area contributed by atoms with Crippen molar-refractivity contribution in [2.24, 2.45) is 0 Å². The van der Waals surface area contributed by atoms with Gasteiger partial charge in [-0.2, -0.15) is 0 Å². The first-order valence-corrected chi connectivity index (χ1v) is 8.44. The van der Waals surface area contributed by atoms with Crippen LogP contribution in [0.2, 0.25) is 0 Å². The van der Waals surface area contributed by atoms with Crippen molar-refractivity contribution in [1.82, 2.24) is 9.97 Å². The van der Waals surface area contributed by atoms with E-state index in [-0.39, 0.29) is 5.91 Å². The number of carbonyl (C=O) groups excluding carboxylic acids is 1. The van der Waals surface area contributed by atoms with E-state index in [0.717, 1.165) is 22.5 Å². The van der Waals surface area contributed by atoms with E-state index in [0.29, 0.717) is 16.6 Å². The molecule has 1 amide bonds. The lowest BCUT2D eigenvalue weighted by Crippen LogP contribution is -2.14. The lowest BCUT2D eigenvalue weighted by Gasteiger charge is -2.10.